The summed E-state index contributed by atoms with van der Waals surface area (Å²) in [5.41, 5.74) is 0.470. The first-order valence-electron chi connectivity index (χ1n) is 10.9. The fraction of sp³-hybridized carbons (Fsp3) is 0.458. The predicted octanol–water partition coefficient (Wildman–Crippen LogP) is 3.18. The molecule has 1 aromatic carbocycles. The number of likely N-dealkylation sites (tertiary alicyclic amines) is 1. The first-order chi connectivity index (χ1) is 15.4. The zero-order chi connectivity index (χ0) is 23.1. The summed E-state index contributed by atoms with van der Waals surface area (Å²) >= 11 is 1.43. The van der Waals surface area contributed by atoms with Gasteiger partial charge in [-0.15, -0.1) is 11.3 Å². The molecule has 2 heterocycles. The summed E-state index contributed by atoms with van der Waals surface area (Å²) in [5, 5.41) is 7.79. The van der Waals surface area contributed by atoms with E-state index in [1.165, 1.54) is 11.3 Å². The Morgan fingerprint density at radius 2 is 1.81 bits per heavy atom. The maximum atomic E-state index is 13.0. The molecule has 1 atom stereocenters. The average molecular weight is 458 g/mol. The number of methoxy groups -OCH3 is 1. The van der Waals surface area contributed by atoms with Gasteiger partial charge in [0, 0.05) is 25.2 Å². The number of benzene rings is 1. The van der Waals surface area contributed by atoms with Gasteiger partial charge in [0.1, 0.15) is 11.8 Å². The number of carbonyl (C=O) groups excluding carboxylic acids is 3. The van der Waals surface area contributed by atoms with Gasteiger partial charge in [-0.1, -0.05) is 19.9 Å². The lowest BCUT2D eigenvalue weighted by Crippen LogP contribution is -2.54. The molecule has 0 bridgehead atoms. The van der Waals surface area contributed by atoms with Gasteiger partial charge in [0.25, 0.3) is 11.8 Å². The van der Waals surface area contributed by atoms with Crippen molar-refractivity contribution in [3.05, 3.63) is 52.2 Å². The number of piperidine rings is 1. The fourth-order valence-electron chi connectivity index (χ4n) is 3.77. The van der Waals surface area contributed by atoms with E-state index in [4.69, 9.17) is 4.74 Å². The maximum absolute atomic E-state index is 13.0. The quantitative estimate of drug-likeness (QED) is 0.637. The van der Waals surface area contributed by atoms with E-state index in [9.17, 15) is 14.4 Å². The summed E-state index contributed by atoms with van der Waals surface area (Å²) in [5.74, 6) is 0.481. The Hall–Kier alpha value is -2.87. The van der Waals surface area contributed by atoms with Gasteiger partial charge in [-0.2, -0.15) is 0 Å². The van der Waals surface area contributed by atoms with Gasteiger partial charge in [-0.3, -0.25) is 14.4 Å². The van der Waals surface area contributed by atoms with E-state index in [1.807, 2.05) is 36.3 Å². The Kier molecular flexibility index (Phi) is 8.27. The summed E-state index contributed by atoms with van der Waals surface area (Å²) in [6, 6.07) is 9.85. The van der Waals surface area contributed by atoms with E-state index in [1.54, 1.807) is 31.4 Å². The monoisotopic (exact) mass is 457 g/mol. The molecule has 0 radical (unpaired) electrons. The highest BCUT2D eigenvalue weighted by molar-refractivity contribution is 7.12. The van der Waals surface area contributed by atoms with Crippen molar-refractivity contribution in [3.63, 3.8) is 0 Å². The molecule has 0 saturated carbocycles. The normalized spacial score (nSPS) is 15.3. The molecule has 8 heteroatoms. The topological polar surface area (TPSA) is 87.7 Å². The molecule has 3 amide bonds. The third-order valence-corrected chi connectivity index (χ3v) is 6.49. The van der Waals surface area contributed by atoms with Crippen LogP contribution in [0.2, 0.25) is 0 Å². The molecule has 1 fully saturated rings. The predicted molar refractivity (Wildman–Crippen MR) is 125 cm³/mol. The molecule has 1 saturated heterocycles. The molecule has 1 aliphatic heterocycles. The number of amides is 3. The van der Waals surface area contributed by atoms with Gasteiger partial charge in [0.05, 0.1) is 12.0 Å². The van der Waals surface area contributed by atoms with Crippen LogP contribution in [0, 0.1) is 11.8 Å². The van der Waals surface area contributed by atoms with Gasteiger partial charge in [0.2, 0.25) is 5.91 Å². The van der Waals surface area contributed by atoms with Crippen LogP contribution in [-0.2, 0) is 4.79 Å². The third-order valence-electron chi connectivity index (χ3n) is 5.64. The van der Waals surface area contributed by atoms with E-state index in [0.29, 0.717) is 49.7 Å². The van der Waals surface area contributed by atoms with Crippen molar-refractivity contribution in [2.24, 2.45) is 11.8 Å². The lowest BCUT2D eigenvalue weighted by molar-refractivity contribution is -0.124. The van der Waals surface area contributed by atoms with Gasteiger partial charge < -0.3 is 20.3 Å². The van der Waals surface area contributed by atoms with Gasteiger partial charge in [-0.05, 0) is 60.4 Å². The minimum Gasteiger partial charge on any atom is -0.497 e. The first-order valence-corrected chi connectivity index (χ1v) is 11.8. The maximum Gasteiger partial charge on any atom is 0.263 e. The second-order valence-electron chi connectivity index (χ2n) is 8.43. The van der Waals surface area contributed by atoms with Crippen LogP contribution in [0.25, 0.3) is 0 Å². The lowest BCUT2D eigenvalue weighted by Gasteiger charge is -2.35. The van der Waals surface area contributed by atoms with Crippen molar-refractivity contribution >= 4 is 29.1 Å². The van der Waals surface area contributed by atoms with Crippen LogP contribution >= 0.6 is 11.3 Å². The molecule has 0 unspecified atom stereocenters. The van der Waals surface area contributed by atoms with Crippen molar-refractivity contribution < 1.29 is 19.1 Å². The SMILES string of the molecule is COc1ccc(C(=O)N[C@@H](C(=O)NCC(C)C)C2CCN(C(=O)c3cccs3)CC2)cc1. The summed E-state index contributed by atoms with van der Waals surface area (Å²) < 4.78 is 5.15. The van der Waals surface area contributed by atoms with Crippen LogP contribution in [0.3, 0.4) is 0 Å². The van der Waals surface area contributed by atoms with Crippen LogP contribution in [0.5, 0.6) is 5.75 Å². The first kappa shape index (κ1) is 23.8. The summed E-state index contributed by atoms with van der Waals surface area (Å²) in [4.78, 5) is 41.1. The Bertz CT molecular complexity index is 904. The van der Waals surface area contributed by atoms with Gasteiger partial charge >= 0.3 is 0 Å². The summed E-state index contributed by atoms with van der Waals surface area (Å²) in [7, 11) is 1.57. The van der Waals surface area contributed by atoms with E-state index >= 15 is 0 Å². The molecule has 1 aliphatic rings. The number of thiophene rings is 1. The van der Waals surface area contributed by atoms with Crippen LogP contribution in [0.1, 0.15) is 46.7 Å². The van der Waals surface area contributed by atoms with Crippen molar-refractivity contribution in [1.29, 1.82) is 0 Å². The molecular formula is C24H31N3O4S. The number of carbonyl (C=O) groups is 3. The zero-order valence-electron chi connectivity index (χ0n) is 18.8. The second kappa shape index (κ2) is 11.1. The Morgan fingerprint density at radius 3 is 2.38 bits per heavy atom. The molecular weight excluding hydrogens is 426 g/mol. The van der Waals surface area contributed by atoms with Crippen LogP contribution in [0.15, 0.2) is 41.8 Å². The van der Waals surface area contributed by atoms with Crippen LogP contribution < -0.4 is 15.4 Å². The Balaban J connectivity index is 1.67. The Morgan fingerprint density at radius 1 is 1.12 bits per heavy atom. The standard InChI is InChI=1S/C24H31N3O4S/c1-16(2)15-25-23(29)21(26-22(28)18-6-8-19(31-3)9-7-18)17-10-12-27(13-11-17)24(30)20-5-4-14-32-20/h4-9,14,16-17,21H,10-13,15H2,1-3H3,(H,25,29)(H,26,28)/t21-/m1/s1. The number of ether oxygens (including phenoxy) is 1. The molecule has 1 aromatic heterocycles. The number of hydrogen-bond donors (Lipinski definition) is 2. The van der Waals surface area contributed by atoms with Crippen molar-refractivity contribution in [2.75, 3.05) is 26.7 Å². The number of hydrogen-bond acceptors (Lipinski definition) is 5. The van der Waals surface area contributed by atoms with E-state index < -0.39 is 6.04 Å². The smallest absolute Gasteiger partial charge is 0.263 e. The van der Waals surface area contributed by atoms with Gasteiger partial charge in [-0.25, -0.2) is 0 Å². The van der Waals surface area contributed by atoms with Crippen molar-refractivity contribution in [1.82, 2.24) is 15.5 Å². The number of nitrogens with zero attached hydrogens (tertiary/aromatic N) is 1. The molecule has 0 aliphatic carbocycles. The second-order valence-corrected chi connectivity index (χ2v) is 9.37. The third kappa shape index (κ3) is 6.09. The summed E-state index contributed by atoms with van der Waals surface area (Å²) in [6.07, 6.45) is 1.31. The lowest BCUT2D eigenvalue weighted by atomic mass is 9.88. The number of rotatable bonds is 8. The molecule has 2 aromatic rings. The van der Waals surface area contributed by atoms with E-state index in [0.717, 1.165) is 4.88 Å². The fourth-order valence-corrected chi connectivity index (χ4v) is 4.46. The molecule has 32 heavy (non-hydrogen) atoms. The highest BCUT2D eigenvalue weighted by Crippen LogP contribution is 2.24. The molecule has 7 nitrogen and oxygen atoms in total. The Labute approximate surface area is 193 Å². The zero-order valence-corrected chi connectivity index (χ0v) is 19.6. The van der Waals surface area contributed by atoms with Crippen molar-refractivity contribution in [3.8, 4) is 5.75 Å². The van der Waals surface area contributed by atoms with E-state index in [-0.39, 0.29) is 23.6 Å². The minimum atomic E-state index is -0.651. The van der Waals surface area contributed by atoms with Crippen molar-refractivity contribution in [2.45, 2.75) is 32.7 Å². The molecule has 3 rings (SSSR count). The largest absolute Gasteiger partial charge is 0.497 e. The molecule has 172 valence electrons. The number of nitrogens with one attached hydrogen (secondary N) is 2. The highest BCUT2D eigenvalue weighted by atomic mass is 32.1. The summed E-state index contributed by atoms with van der Waals surface area (Å²) in [6.45, 7) is 5.73. The molecule has 0 spiro atoms. The van der Waals surface area contributed by atoms with Crippen LogP contribution in [-0.4, -0.2) is 55.4 Å². The molecule has 2 N–H and O–H groups in total. The van der Waals surface area contributed by atoms with Gasteiger partial charge in [0.15, 0.2) is 0 Å². The van der Waals surface area contributed by atoms with E-state index in [2.05, 4.69) is 10.6 Å². The highest BCUT2D eigenvalue weighted by Gasteiger charge is 2.34. The van der Waals surface area contributed by atoms with Crippen LogP contribution in [0.4, 0.5) is 0 Å². The minimum absolute atomic E-state index is 0.0292. The average Bonchev–Trinajstić information content (AvgIpc) is 3.35.